The molecule has 2 aromatic rings. The van der Waals surface area contributed by atoms with E-state index in [1.165, 1.54) is 56.9 Å². The van der Waals surface area contributed by atoms with Crippen molar-refractivity contribution in [1.82, 2.24) is 9.97 Å². The lowest BCUT2D eigenvalue weighted by molar-refractivity contribution is 0.178. The summed E-state index contributed by atoms with van der Waals surface area (Å²) < 4.78 is 19.5. The van der Waals surface area contributed by atoms with Crippen molar-refractivity contribution < 1.29 is 9.13 Å². The highest BCUT2D eigenvalue weighted by Crippen LogP contribution is 2.20. The van der Waals surface area contributed by atoms with E-state index in [9.17, 15) is 4.39 Å². The van der Waals surface area contributed by atoms with Gasteiger partial charge in [-0.25, -0.2) is 14.4 Å². The molecule has 0 fully saturated rings. The molecule has 1 heterocycles. The summed E-state index contributed by atoms with van der Waals surface area (Å²) in [6, 6.07) is 8.52. The maximum absolute atomic E-state index is 14.0. The van der Waals surface area contributed by atoms with E-state index < -0.39 is 6.17 Å². The van der Waals surface area contributed by atoms with Crippen LogP contribution in [0.25, 0.3) is 11.4 Å². The summed E-state index contributed by atoms with van der Waals surface area (Å²) in [6.07, 6.45) is 16.7. The Balaban J connectivity index is 1.69. The van der Waals surface area contributed by atoms with E-state index in [-0.39, 0.29) is 6.61 Å². The van der Waals surface area contributed by atoms with Gasteiger partial charge in [-0.15, -0.1) is 0 Å². The number of alkyl halides is 1. The first-order chi connectivity index (χ1) is 15.6. The Morgan fingerprint density at radius 2 is 1.47 bits per heavy atom. The lowest BCUT2D eigenvalue weighted by Crippen LogP contribution is -2.14. The fraction of sp³-hybridized carbons (Fsp3) is 0.643. The van der Waals surface area contributed by atoms with Crippen LogP contribution in [0.4, 0.5) is 4.39 Å². The van der Waals surface area contributed by atoms with Crippen molar-refractivity contribution >= 4 is 0 Å². The Labute approximate surface area is 195 Å². The fourth-order valence-corrected chi connectivity index (χ4v) is 3.76. The molecule has 0 spiro atoms. The number of benzene rings is 1. The molecule has 1 aromatic carbocycles. The highest BCUT2D eigenvalue weighted by atomic mass is 19.1. The number of hydrogen-bond donors (Lipinski definition) is 0. The van der Waals surface area contributed by atoms with Crippen LogP contribution in [0.5, 0.6) is 5.75 Å². The molecule has 0 aliphatic heterocycles. The highest BCUT2D eigenvalue weighted by molar-refractivity contribution is 5.55. The molecular weight excluding hydrogens is 399 g/mol. The Morgan fingerprint density at radius 3 is 2.09 bits per heavy atom. The normalized spacial score (nSPS) is 13.1. The zero-order valence-electron chi connectivity index (χ0n) is 20.5. The van der Waals surface area contributed by atoms with Gasteiger partial charge in [0.25, 0.3) is 0 Å². The van der Waals surface area contributed by atoms with Crippen LogP contribution in [0, 0.1) is 5.92 Å². The van der Waals surface area contributed by atoms with Gasteiger partial charge in [-0.3, -0.25) is 0 Å². The van der Waals surface area contributed by atoms with Gasteiger partial charge < -0.3 is 4.74 Å². The second-order valence-electron chi connectivity index (χ2n) is 9.16. The second kappa shape index (κ2) is 15.8. The smallest absolute Gasteiger partial charge is 0.159 e. The number of unbranched alkanes of at least 4 members (excludes halogenated alkanes) is 7. The van der Waals surface area contributed by atoms with E-state index in [0.717, 1.165) is 24.8 Å². The number of aromatic nitrogens is 2. The van der Waals surface area contributed by atoms with Crippen molar-refractivity contribution in [3.05, 3.63) is 42.2 Å². The molecule has 0 aliphatic rings. The minimum absolute atomic E-state index is 0.0621. The van der Waals surface area contributed by atoms with Gasteiger partial charge >= 0.3 is 0 Å². The molecule has 2 rings (SSSR count). The minimum Gasteiger partial charge on any atom is -0.487 e. The number of hydrogen-bond acceptors (Lipinski definition) is 3. The molecule has 2 atom stereocenters. The van der Waals surface area contributed by atoms with Crippen molar-refractivity contribution in [2.75, 3.05) is 6.61 Å². The summed E-state index contributed by atoms with van der Waals surface area (Å²) >= 11 is 0. The van der Waals surface area contributed by atoms with E-state index in [1.807, 2.05) is 0 Å². The second-order valence-corrected chi connectivity index (χ2v) is 9.16. The van der Waals surface area contributed by atoms with E-state index >= 15 is 0 Å². The summed E-state index contributed by atoms with van der Waals surface area (Å²) in [6.45, 7) is 6.62. The average Bonchev–Trinajstić information content (AvgIpc) is 2.83. The summed E-state index contributed by atoms with van der Waals surface area (Å²) in [5, 5.41) is 0. The molecule has 3 nitrogen and oxygen atoms in total. The predicted octanol–water partition coefficient (Wildman–Crippen LogP) is 8.37. The number of ether oxygens (including phenoxy) is 1. The van der Waals surface area contributed by atoms with Gasteiger partial charge in [-0.2, -0.15) is 0 Å². The maximum Gasteiger partial charge on any atom is 0.159 e. The zero-order valence-corrected chi connectivity index (χ0v) is 20.5. The Morgan fingerprint density at radius 1 is 0.844 bits per heavy atom. The zero-order chi connectivity index (χ0) is 23.0. The van der Waals surface area contributed by atoms with E-state index in [0.29, 0.717) is 23.9 Å². The number of rotatable bonds is 17. The van der Waals surface area contributed by atoms with Gasteiger partial charge in [0.1, 0.15) is 12.8 Å². The predicted molar refractivity (Wildman–Crippen MR) is 133 cm³/mol. The molecule has 2 unspecified atom stereocenters. The molecular formula is C28H43FN2O. The molecule has 4 heteroatoms. The van der Waals surface area contributed by atoms with Crippen molar-refractivity contribution in [1.29, 1.82) is 0 Å². The SMILES string of the molecule is CCCCCCCCCCc1ccc(-c2ncc(OCC(F)CCC(C)CC)cn2)cc1. The quantitative estimate of drug-likeness (QED) is 0.231. The lowest BCUT2D eigenvalue weighted by atomic mass is 10.0. The third kappa shape index (κ3) is 10.6. The molecule has 1 aromatic heterocycles. The molecule has 0 aliphatic carbocycles. The van der Waals surface area contributed by atoms with Gasteiger partial charge in [0.2, 0.25) is 0 Å². The molecule has 0 radical (unpaired) electrons. The van der Waals surface area contributed by atoms with E-state index in [1.54, 1.807) is 12.4 Å². The van der Waals surface area contributed by atoms with Crippen LogP contribution in [0.1, 0.15) is 97.0 Å². The van der Waals surface area contributed by atoms with Crippen LogP contribution in [0.15, 0.2) is 36.7 Å². The van der Waals surface area contributed by atoms with Gasteiger partial charge in [0.05, 0.1) is 12.4 Å². The monoisotopic (exact) mass is 442 g/mol. The third-order valence-electron chi connectivity index (χ3n) is 6.26. The number of nitrogens with zero attached hydrogens (tertiary/aromatic N) is 2. The van der Waals surface area contributed by atoms with Crippen molar-refractivity contribution in [2.24, 2.45) is 5.92 Å². The van der Waals surface area contributed by atoms with Crippen LogP contribution >= 0.6 is 0 Å². The Bertz CT molecular complexity index is 717. The standard InChI is InChI=1S/C28H43FN2O/c1-4-6-7-8-9-10-11-12-13-24-15-17-25(18-16-24)28-30-20-27(21-31-28)32-22-26(29)19-14-23(3)5-2/h15-18,20-21,23,26H,4-14,19,22H2,1-3H3. The van der Waals surface area contributed by atoms with Crippen LogP contribution in [-0.4, -0.2) is 22.7 Å². The number of aryl methyl sites for hydroxylation is 1. The minimum atomic E-state index is -0.947. The summed E-state index contributed by atoms with van der Waals surface area (Å²) in [5.74, 6) is 1.75. The topological polar surface area (TPSA) is 35.0 Å². The summed E-state index contributed by atoms with van der Waals surface area (Å²) in [5.41, 5.74) is 2.36. The average molecular weight is 443 g/mol. The first-order valence-electron chi connectivity index (χ1n) is 12.8. The van der Waals surface area contributed by atoms with Gasteiger partial charge in [-0.05, 0) is 37.2 Å². The third-order valence-corrected chi connectivity index (χ3v) is 6.26. The van der Waals surface area contributed by atoms with Crippen molar-refractivity contribution in [3.8, 4) is 17.1 Å². The number of halogens is 1. The van der Waals surface area contributed by atoms with Crippen LogP contribution < -0.4 is 4.74 Å². The van der Waals surface area contributed by atoms with Crippen LogP contribution in [-0.2, 0) is 6.42 Å². The van der Waals surface area contributed by atoms with Crippen LogP contribution in [0.2, 0.25) is 0 Å². The Kier molecular flexibility index (Phi) is 13.0. The van der Waals surface area contributed by atoms with Gasteiger partial charge in [0.15, 0.2) is 11.6 Å². The van der Waals surface area contributed by atoms with Crippen molar-refractivity contribution in [2.45, 2.75) is 104 Å². The lowest BCUT2D eigenvalue weighted by Gasteiger charge is -2.12. The molecule has 0 N–H and O–H groups in total. The fourth-order valence-electron chi connectivity index (χ4n) is 3.76. The molecule has 0 amide bonds. The molecule has 32 heavy (non-hydrogen) atoms. The highest BCUT2D eigenvalue weighted by Gasteiger charge is 2.10. The first kappa shape index (κ1) is 26.3. The Hall–Kier alpha value is -1.97. The molecule has 0 saturated carbocycles. The van der Waals surface area contributed by atoms with Gasteiger partial charge in [-0.1, -0.05) is 96.4 Å². The van der Waals surface area contributed by atoms with Gasteiger partial charge in [0, 0.05) is 5.56 Å². The molecule has 178 valence electrons. The largest absolute Gasteiger partial charge is 0.487 e. The first-order valence-corrected chi connectivity index (χ1v) is 12.8. The van der Waals surface area contributed by atoms with Crippen molar-refractivity contribution in [3.63, 3.8) is 0 Å². The van der Waals surface area contributed by atoms with Crippen LogP contribution in [0.3, 0.4) is 0 Å². The van der Waals surface area contributed by atoms with E-state index in [2.05, 4.69) is 55.0 Å². The molecule has 0 saturated heterocycles. The summed E-state index contributed by atoms with van der Waals surface area (Å²) in [4.78, 5) is 8.81. The maximum atomic E-state index is 14.0. The molecule has 0 bridgehead atoms. The summed E-state index contributed by atoms with van der Waals surface area (Å²) in [7, 11) is 0. The van der Waals surface area contributed by atoms with E-state index in [4.69, 9.17) is 4.74 Å².